The predicted octanol–water partition coefficient (Wildman–Crippen LogP) is 3.37. The lowest BCUT2D eigenvalue weighted by molar-refractivity contribution is 0.629. The van der Waals surface area contributed by atoms with E-state index in [1.807, 2.05) is 48.7 Å². The molecule has 9 nitrogen and oxygen atoms in total. The van der Waals surface area contributed by atoms with Gasteiger partial charge in [0.25, 0.3) is 0 Å². The van der Waals surface area contributed by atoms with Crippen molar-refractivity contribution in [1.82, 2.24) is 30.1 Å². The number of aromatic amines is 1. The van der Waals surface area contributed by atoms with E-state index in [4.69, 9.17) is 9.97 Å². The van der Waals surface area contributed by atoms with E-state index in [2.05, 4.69) is 41.3 Å². The second-order valence-corrected chi connectivity index (χ2v) is 7.71. The third-order valence-electron chi connectivity index (χ3n) is 5.69. The van der Waals surface area contributed by atoms with Crippen LogP contribution in [-0.2, 0) is 0 Å². The lowest BCUT2D eigenvalue weighted by Crippen LogP contribution is -2.47. The zero-order valence-electron chi connectivity index (χ0n) is 17.3. The second-order valence-electron chi connectivity index (χ2n) is 7.71. The van der Waals surface area contributed by atoms with Crippen LogP contribution in [0.2, 0.25) is 0 Å². The first kappa shape index (κ1) is 18.5. The fourth-order valence-corrected chi connectivity index (χ4v) is 4.02. The molecule has 0 atom stereocenters. The van der Waals surface area contributed by atoms with Crippen LogP contribution in [0.5, 0.6) is 0 Å². The molecule has 0 unspecified atom stereocenters. The minimum absolute atomic E-state index is 0.726. The highest BCUT2D eigenvalue weighted by Gasteiger charge is 2.22. The molecule has 6 rings (SSSR count). The van der Waals surface area contributed by atoms with Crippen LogP contribution in [0.25, 0.3) is 21.8 Å². The minimum atomic E-state index is 0.726. The number of nitrogens with zero attached hydrogens (tertiary/aromatic N) is 7. The molecule has 1 fully saturated rings. The number of H-pyrrole nitrogens is 1. The maximum Gasteiger partial charge on any atom is 0.228 e. The third kappa shape index (κ3) is 3.43. The van der Waals surface area contributed by atoms with E-state index in [1.165, 1.54) is 0 Å². The van der Waals surface area contributed by atoms with E-state index in [0.29, 0.717) is 0 Å². The summed E-state index contributed by atoms with van der Waals surface area (Å²) in [5, 5.41) is 12.6. The van der Waals surface area contributed by atoms with Crippen molar-refractivity contribution in [2.24, 2.45) is 0 Å². The van der Waals surface area contributed by atoms with Crippen LogP contribution < -0.4 is 15.1 Å². The molecule has 0 spiro atoms. The Morgan fingerprint density at radius 3 is 2.44 bits per heavy atom. The molecule has 0 aliphatic carbocycles. The van der Waals surface area contributed by atoms with Crippen LogP contribution in [0.3, 0.4) is 0 Å². The first-order valence-corrected chi connectivity index (χ1v) is 10.6. The average Bonchev–Trinajstić information content (AvgIpc) is 3.33. The summed E-state index contributed by atoms with van der Waals surface area (Å²) in [6.45, 7) is 3.24. The molecule has 1 saturated heterocycles. The van der Waals surface area contributed by atoms with Crippen molar-refractivity contribution in [3.05, 3.63) is 67.1 Å². The monoisotopic (exact) mass is 423 g/mol. The van der Waals surface area contributed by atoms with Gasteiger partial charge in [-0.05, 0) is 36.4 Å². The van der Waals surface area contributed by atoms with Crippen molar-refractivity contribution in [2.45, 2.75) is 0 Å². The molecule has 5 aromatic rings. The lowest BCUT2D eigenvalue weighted by Gasteiger charge is -2.34. The smallest absolute Gasteiger partial charge is 0.228 e. The normalized spacial score (nSPS) is 14.2. The molecule has 0 saturated carbocycles. The Hall–Kier alpha value is -4.27. The number of piperazine rings is 1. The van der Waals surface area contributed by atoms with Gasteiger partial charge in [-0.15, -0.1) is 0 Å². The second kappa shape index (κ2) is 7.77. The number of anilines is 4. The number of rotatable bonds is 4. The summed E-state index contributed by atoms with van der Waals surface area (Å²) in [6.07, 6.45) is 5.37. The third-order valence-corrected chi connectivity index (χ3v) is 5.69. The molecular weight excluding hydrogens is 402 g/mol. The van der Waals surface area contributed by atoms with E-state index in [0.717, 1.165) is 71.4 Å². The van der Waals surface area contributed by atoms with Gasteiger partial charge in [-0.2, -0.15) is 10.1 Å². The number of nitrogens with one attached hydrogen (secondary N) is 2. The lowest BCUT2D eigenvalue weighted by atomic mass is 10.2. The molecule has 3 aromatic heterocycles. The molecule has 158 valence electrons. The van der Waals surface area contributed by atoms with Crippen molar-refractivity contribution < 1.29 is 0 Å². The van der Waals surface area contributed by atoms with E-state index in [-0.39, 0.29) is 0 Å². The van der Waals surface area contributed by atoms with Crippen LogP contribution in [0.4, 0.5) is 23.4 Å². The van der Waals surface area contributed by atoms with Crippen molar-refractivity contribution in [3.8, 4) is 0 Å². The molecule has 0 bridgehead atoms. The first-order chi connectivity index (χ1) is 15.8. The van der Waals surface area contributed by atoms with Gasteiger partial charge in [-0.3, -0.25) is 5.10 Å². The summed E-state index contributed by atoms with van der Waals surface area (Å²) in [6, 6.07) is 16.0. The molecule has 2 N–H and O–H groups in total. The highest BCUT2D eigenvalue weighted by molar-refractivity contribution is 5.93. The number of benzene rings is 2. The maximum absolute atomic E-state index is 4.92. The Bertz CT molecular complexity index is 1370. The van der Waals surface area contributed by atoms with Gasteiger partial charge in [0, 0.05) is 55.0 Å². The van der Waals surface area contributed by atoms with Crippen LogP contribution >= 0.6 is 0 Å². The summed E-state index contributed by atoms with van der Waals surface area (Å²) in [5.74, 6) is 2.29. The zero-order valence-corrected chi connectivity index (χ0v) is 17.3. The summed E-state index contributed by atoms with van der Waals surface area (Å²) in [5.41, 5.74) is 2.88. The number of para-hydroxylation sites is 1. The minimum Gasteiger partial charge on any atom is -0.340 e. The van der Waals surface area contributed by atoms with Gasteiger partial charge >= 0.3 is 0 Å². The van der Waals surface area contributed by atoms with Crippen LogP contribution in [-0.4, -0.2) is 56.3 Å². The standard InChI is InChI=1S/C23H21N9/c1-2-5-20-18(4-1)21(27-17-6-7-19-16(14-17)15-26-30-19)29-23(28-20)32-12-10-31(11-13-32)22-24-8-3-9-25-22/h1-9,14-15H,10-13H2,(H,26,30)(H,27,28,29). The molecule has 1 aliphatic heterocycles. The van der Waals surface area contributed by atoms with Crippen LogP contribution in [0.15, 0.2) is 67.1 Å². The van der Waals surface area contributed by atoms with E-state index in [1.54, 1.807) is 12.4 Å². The number of fused-ring (bicyclic) bond motifs is 2. The Morgan fingerprint density at radius 1 is 0.812 bits per heavy atom. The van der Waals surface area contributed by atoms with Crippen molar-refractivity contribution in [1.29, 1.82) is 0 Å². The fraction of sp³-hybridized carbons (Fsp3) is 0.174. The largest absolute Gasteiger partial charge is 0.340 e. The zero-order chi connectivity index (χ0) is 21.3. The van der Waals surface area contributed by atoms with Crippen LogP contribution in [0.1, 0.15) is 0 Å². The van der Waals surface area contributed by atoms with Gasteiger partial charge in [0.05, 0.1) is 17.2 Å². The Labute approximate surface area is 184 Å². The fourth-order valence-electron chi connectivity index (χ4n) is 4.02. The van der Waals surface area contributed by atoms with E-state index >= 15 is 0 Å². The van der Waals surface area contributed by atoms with Crippen molar-refractivity contribution >= 4 is 45.2 Å². The molecule has 32 heavy (non-hydrogen) atoms. The van der Waals surface area contributed by atoms with Crippen LogP contribution in [0, 0.1) is 0 Å². The van der Waals surface area contributed by atoms with Gasteiger partial charge in [0.1, 0.15) is 5.82 Å². The first-order valence-electron chi connectivity index (χ1n) is 10.6. The molecule has 0 amide bonds. The molecule has 1 aliphatic rings. The number of hydrogen-bond acceptors (Lipinski definition) is 8. The molecule has 9 heteroatoms. The highest BCUT2D eigenvalue weighted by Crippen LogP contribution is 2.28. The van der Waals surface area contributed by atoms with Crippen molar-refractivity contribution in [2.75, 3.05) is 41.3 Å². The molecule has 0 radical (unpaired) electrons. The Balaban J connectivity index is 1.30. The summed E-state index contributed by atoms with van der Waals surface area (Å²) in [4.78, 5) is 22.9. The predicted molar refractivity (Wildman–Crippen MR) is 125 cm³/mol. The van der Waals surface area contributed by atoms with Gasteiger partial charge in [0.15, 0.2) is 0 Å². The topological polar surface area (TPSA) is 98.8 Å². The number of hydrogen-bond donors (Lipinski definition) is 2. The van der Waals surface area contributed by atoms with E-state index in [9.17, 15) is 0 Å². The van der Waals surface area contributed by atoms with E-state index < -0.39 is 0 Å². The van der Waals surface area contributed by atoms with Crippen molar-refractivity contribution in [3.63, 3.8) is 0 Å². The Morgan fingerprint density at radius 2 is 1.59 bits per heavy atom. The highest BCUT2D eigenvalue weighted by atomic mass is 15.4. The quantitative estimate of drug-likeness (QED) is 0.454. The number of aromatic nitrogens is 6. The molecular formula is C23H21N9. The summed E-state index contributed by atoms with van der Waals surface area (Å²) >= 11 is 0. The van der Waals surface area contributed by atoms with Gasteiger partial charge in [0.2, 0.25) is 11.9 Å². The van der Waals surface area contributed by atoms with Gasteiger partial charge in [-0.25, -0.2) is 15.0 Å². The molecule has 2 aromatic carbocycles. The molecule has 4 heterocycles. The van der Waals surface area contributed by atoms with Gasteiger partial charge < -0.3 is 15.1 Å². The van der Waals surface area contributed by atoms with Gasteiger partial charge in [-0.1, -0.05) is 12.1 Å². The average molecular weight is 423 g/mol. The Kier molecular flexibility index (Phi) is 4.49. The maximum atomic E-state index is 4.92. The summed E-state index contributed by atoms with van der Waals surface area (Å²) in [7, 11) is 0. The SMILES string of the molecule is c1cnc(N2CCN(c3nc(Nc4ccc5[nH]ncc5c4)c4ccccc4n3)CC2)nc1. The summed E-state index contributed by atoms with van der Waals surface area (Å²) < 4.78 is 0.